The molecule has 3 rings (SSSR count). The summed E-state index contributed by atoms with van der Waals surface area (Å²) in [5, 5.41) is 1.12. The molecule has 1 aromatic heterocycles. The minimum absolute atomic E-state index is 0.182. The molecule has 1 fully saturated rings. The summed E-state index contributed by atoms with van der Waals surface area (Å²) in [7, 11) is 0. The molecule has 106 valence electrons. The Morgan fingerprint density at radius 2 is 1.90 bits per heavy atom. The zero-order chi connectivity index (χ0) is 14.1. The first-order chi connectivity index (χ1) is 9.68. The van der Waals surface area contributed by atoms with Gasteiger partial charge in [-0.25, -0.2) is 0 Å². The summed E-state index contributed by atoms with van der Waals surface area (Å²) in [4.78, 5) is 12.0. The molecule has 0 spiro atoms. The van der Waals surface area contributed by atoms with Crippen LogP contribution in [0.5, 0.6) is 0 Å². The van der Waals surface area contributed by atoms with E-state index in [4.69, 9.17) is 0 Å². The maximum Gasteiger partial charge on any atom is 0.162 e. The lowest BCUT2D eigenvalue weighted by molar-refractivity contribution is 0.101. The number of benzene rings is 1. The fourth-order valence-electron chi connectivity index (χ4n) is 3.74. The Bertz CT molecular complexity index is 632. The number of carbonyl (C=O) groups excluding carboxylic acids is 1. The zero-order valence-corrected chi connectivity index (χ0v) is 12.5. The normalized spacial score (nSPS) is 16.7. The number of fused-ring (bicyclic) bond motifs is 1. The molecule has 2 heteroatoms. The van der Waals surface area contributed by atoms with Gasteiger partial charge in [0, 0.05) is 28.7 Å². The third-order valence-electron chi connectivity index (χ3n) is 4.75. The fourth-order valence-corrected chi connectivity index (χ4v) is 3.74. The van der Waals surface area contributed by atoms with E-state index in [-0.39, 0.29) is 5.78 Å². The van der Waals surface area contributed by atoms with Crippen molar-refractivity contribution in [3.8, 4) is 0 Å². The van der Waals surface area contributed by atoms with Gasteiger partial charge in [0.05, 0.1) is 0 Å². The summed E-state index contributed by atoms with van der Waals surface area (Å²) in [5.41, 5.74) is 3.28. The number of Topliss-reactive ketones (excluding diaryl/α,β-unsaturated/α-hetero) is 1. The quantitative estimate of drug-likeness (QED) is 0.738. The van der Waals surface area contributed by atoms with Gasteiger partial charge in [-0.3, -0.25) is 4.79 Å². The predicted octanol–water partition coefficient (Wildman–Crippen LogP) is 4.73. The van der Waals surface area contributed by atoms with Gasteiger partial charge in [-0.05, 0) is 38.7 Å². The number of hydrogen-bond donors (Lipinski definition) is 0. The fraction of sp³-hybridized carbons (Fsp3) is 0.500. The predicted molar refractivity (Wildman–Crippen MR) is 83.3 cm³/mol. The van der Waals surface area contributed by atoms with E-state index in [0.717, 1.165) is 29.1 Å². The highest BCUT2D eigenvalue weighted by atomic mass is 16.1. The molecule has 2 aromatic rings. The zero-order valence-electron chi connectivity index (χ0n) is 12.5. The van der Waals surface area contributed by atoms with Crippen molar-refractivity contribution < 1.29 is 4.79 Å². The van der Waals surface area contributed by atoms with Gasteiger partial charge >= 0.3 is 0 Å². The van der Waals surface area contributed by atoms with Crippen molar-refractivity contribution in [1.29, 1.82) is 0 Å². The summed E-state index contributed by atoms with van der Waals surface area (Å²) in [5.74, 6) is 0.958. The molecule has 1 aromatic carbocycles. The Morgan fingerprint density at radius 3 is 2.60 bits per heavy atom. The van der Waals surface area contributed by atoms with E-state index in [1.165, 1.54) is 37.6 Å². The minimum atomic E-state index is 0.182. The molecule has 0 atom stereocenters. The highest BCUT2D eigenvalue weighted by Crippen LogP contribution is 2.31. The van der Waals surface area contributed by atoms with Crippen LogP contribution in [0.3, 0.4) is 0 Å². The number of aromatic nitrogens is 1. The van der Waals surface area contributed by atoms with Gasteiger partial charge in [0.25, 0.3) is 0 Å². The molecule has 0 radical (unpaired) electrons. The van der Waals surface area contributed by atoms with Crippen molar-refractivity contribution in [2.24, 2.45) is 5.92 Å². The molecule has 2 nitrogen and oxygen atoms in total. The maximum absolute atomic E-state index is 12.0. The van der Waals surface area contributed by atoms with Crippen LogP contribution in [-0.4, -0.2) is 10.4 Å². The molecule has 0 saturated heterocycles. The molecule has 1 aliphatic rings. The highest BCUT2D eigenvalue weighted by molar-refractivity contribution is 6.08. The van der Waals surface area contributed by atoms with Crippen molar-refractivity contribution >= 4 is 16.7 Å². The smallest absolute Gasteiger partial charge is 0.162 e. The third-order valence-corrected chi connectivity index (χ3v) is 4.75. The van der Waals surface area contributed by atoms with Crippen LogP contribution in [0.1, 0.15) is 55.1 Å². The lowest BCUT2D eigenvalue weighted by Crippen LogP contribution is -2.15. The van der Waals surface area contributed by atoms with Gasteiger partial charge in [0.15, 0.2) is 5.78 Å². The van der Waals surface area contributed by atoms with Crippen LogP contribution in [-0.2, 0) is 6.54 Å². The van der Waals surface area contributed by atoms with Crippen LogP contribution in [0.2, 0.25) is 0 Å². The number of hydrogen-bond acceptors (Lipinski definition) is 1. The summed E-state index contributed by atoms with van der Waals surface area (Å²) in [6.45, 7) is 4.85. The number of ketones is 1. The maximum atomic E-state index is 12.0. The lowest BCUT2D eigenvalue weighted by Gasteiger charge is -2.23. The second kappa shape index (κ2) is 5.43. The monoisotopic (exact) mass is 269 g/mol. The van der Waals surface area contributed by atoms with Crippen LogP contribution < -0.4 is 0 Å². The van der Waals surface area contributed by atoms with Gasteiger partial charge in [0.2, 0.25) is 0 Å². The van der Waals surface area contributed by atoms with Gasteiger partial charge < -0.3 is 4.57 Å². The summed E-state index contributed by atoms with van der Waals surface area (Å²) in [6, 6.07) is 8.33. The molecule has 1 heterocycles. The van der Waals surface area contributed by atoms with Gasteiger partial charge in [-0.1, -0.05) is 37.5 Å². The summed E-state index contributed by atoms with van der Waals surface area (Å²) < 4.78 is 2.38. The molecule has 0 bridgehead atoms. The molecular formula is C18H23NO. The molecule has 0 N–H and O–H groups in total. The van der Waals surface area contributed by atoms with Crippen LogP contribution in [0.4, 0.5) is 0 Å². The second-order valence-electron chi connectivity index (χ2n) is 6.15. The Balaban J connectivity index is 2.05. The number of carbonyl (C=O) groups is 1. The van der Waals surface area contributed by atoms with Crippen LogP contribution in [0, 0.1) is 12.8 Å². The topological polar surface area (TPSA) is 22.0 Å². The van der Waals surface area contributed by atoms with Crippen LogP contribution in [0.25, 0.3) is 10.9 Å². The van der Waals surface area contributed by atoms with Crippen molar-refractivity contribution in [1.82, 2.24) is 4.57 Å². The molecule has 20 heavy (non-hydrogen) atoms. The first kappa shape index (κ1) is 13.4. The molecule has 0 aliphatic heterocycles. The van der Waals surface area contributed by atoms with E-state index in [0.29, 0.717) is 0 Å². The van der Waals surface area contributed by atoms with E-state index in [1.54, 1.807) is 6.92 Å². The standard InChI is InChI=1S/C18H23NO/c1-13-18(14(2)20)16-10-6-7-11-17(16)19(13)12-15-8-4-3-5-9-15/h6-7,10-11,15H,3-5,8-9,12H2,1-2H3. The summed E-state index contributed by atoms with van der Waals surface area (Å²) in [6.07, 6.45) is 6.79. The molecule has 0 amide bonds. The number of rotatable bonds is 3. The van der Waals surface area contributed by atoms with E-state index < -0.39 is 0 Å². The summed E-state index contributed by atoms with van der Waals surface area (Å²) >= 11 is 0. The van der Waals surface area contributed by atoms with Crippen molar-refractivity contribution in [3.05, 3.63) is 35.5 Å². The van der Waals surface area contributed by atoms with E-state index in [1.807, 2.05) is 6.07 Å². The third kappa shape index (κ3) is 2.28. The average Bonchev–Trinajstić information content (AvgIpc) is 2.73. The van der Waals surface area contributed by atoms with E-state index in [2.05, 4.69) is 29.7 Å². The Labute approximate surface area is 120 Å². The van der Waals surface area contributed by atoms with Crippen molar-refractivity contribution in [3.63, 3.8) is 0 Å². The van der Waals surface area contributed by atoms with Gasteiger partial charge in [0.1, 0.15) is 0 Å². The molecule has 1 aliphatic carbocycles. The second-order valence-corrected chi connectivity index (χ2v) is 6.15. The Morgan fingerprint density at radius 1 is 1.20 bits per heavy atom. The average molecular weight is 269 g/mol. The van der Waals surface area contributed by atoms with Crippen LogP contribution >= 0.6 is 0 Å². The highest BCUT2D eigenvalue weighted by Gasteiger charge is 2.20. The first-order valence-corrected chi connectivity index (χ1v) is 7.77. The van der Waals surface area contributed by atoms with E-state index in [9.17, 15) is 4.79 Å². The van der Waals surface area contributed by atoms with Crippen molar-refractivity contribution in [2.75, 3.05) is 0 Å². The Kier molecular flexibility index (Phi) is 3.64. The lowest BCUT2D eigenvalue weighted by atomic mass is 9.89. The van der Waals surface area contributed by atoms with Gasteiger partial charge in [-0.2, -0.15) is 0 Å². The van der Waals surface area contributed by atoms with Gasteiger partial charge in [-0.15, -0.1) is 0 Å². The SMILES string of the molecule is CC(=O)c1c(C)n(CC2CCCCC2)c2ccccc12. The van der Waals surface area contributed by atoms with Crippen LogP contribution in [0.15, 0.2) is 24.3 Å². The molecule has 0 unspecified atom stereocenters. The van der Waals surface area contributed by atoms with E-state index >= 15 is 0 Å². The largest absolute Gasteiger partial charge is 0.344 e. The first-order valence-electron chi connectivity index (χ1n) is 7.77. The number of para-hydroxylation sites is 1. The van der Waals surface area contributed by atoms with Crippen molar-refractivity contribution in [2.45, 2.75) is 52.5 Å². The molecular weight excluding hydrogens is 246 g/mol. The number of nitrogens with zero attached hydrogens (tertiary/aromatic N) is 1. The molecule has 1 saturated carbocycles. The minimum Gasteiger partial charge on any atom is -0.344 e. The Hall–Kier alpha value is -1.57.